The van der Waals surface area contributed by atoms with Crippen LogP contribution in [0, 0.1) is 6.92 Å². The molecule has 0 spiro atoms. The standard InChI is InChI=1S/C30H27Cl2N3O4/c1-19-10-12-21-7-5-9-26(30(21)34-19)39-18-23-24(31)13-14-25(29(23)32)35(2)28(37)17-33-27(36)15-11-20-6-4-8-22(16-20)38-3/h4-16H,17-18H2,1-3H3,(H,33,36)/b15-11+. The highest BCUT2D eigenvalue weighted by Gasteiger charge is 2.19. The van der Waals surface area contributed by atoms with Crippen LogP contribution in [0.25, 0.3) is 17.0 Å². The fraction of sp³-hybridized carbons (Fsp3) is 0.167. The molecule has 39 heavy (non-hydrogen) atoms. The summed E-state index contributed by atoms with van der Waals surface area (Å²) < 4.78 is 11.2. The molecule has 3 aromatic carbocycles. The highest BCUT2D eigenvalue weighted by molar-refractivity contribution is 6.38. The molecule has 0 aliphatic rings. The molecule has 4 aromatic rings. The van der Waals surface area contributed by atoms with Crippen LogP contribution in [0.4, 0.5) is 5.69 Å². The van der Waals surface area contributed by atoms with E-state index in [4.69, 9.17) is 32.7 Å². The van der Waals surface area contributed by atoms with Crippen LogP contribution in [0.3, 0.4) is 0 Å². The number of carbonyl (C=O) groups is 2. The van der Waals surface area contributed by atoms with E-state index in [1.165, 1.54) is 11.0 Å². The number of hydrogen-bond acceptors (Lipinski definition) is 5. The monoisotopic (exact) mass is 563 g/mol. The molecule has 7 nitrogen and oxygen atoms in total. The van der Waals surface area contributed by atoms with E-state index in [1.54, 1.807) is 38.4 Å². The van der Waals surface area contributed by atoms with Crippen molar-refractivity contribution >= 4 is 57.7 Å². The number of nitrogens with zero attached hydrogens (tertiary/aromatic N) is 2. The molecule has 4 rings (SSSR count). The Hall–Kier alpha value is -4.07. The van der Waals surface area contributed by atoms with Gasteiger partial charge in [0, 0.05) is 34.8 Å². The molecule has 1 N–H and O–H groups in total. The summed E-state index contributed by atoms with van der Waals surface area (Å²) in [5.74, 6) is 0.517. The summed E-state index contributed by atoms with van der Waals surface area (Å²) in [6.07, 6.45) is 3.00. The Morgan fingerprint density at radius 3 is 2.64 bits per heavy atom. The van der Waals surface area contributed by atoms with Crippen molar-refractivity contribution in [2.45, 2.75) is 13.5 Å². The molecule has 0 atom stereocenters. The number of likely N-dealkylation sites (N-methyl/N-ethyl adjacent to an activating group) is 1. The first kappa shape index (κ1) is 28.0. The molecule has 2 amide bonds. The largest absolute Gasteiger partial charge is 0.497 e. The second kappa shape index (κ2) is 12.7. The van der Waals surface area contributed by atoms with Crippen molar-refractivity contribution in [3.63, 3.8) is 0 Å². The maximum atomic E-state index is 12.9. The van der Waals surface area contributed by atoms with Gasteiger partial charge in [-0.1, -0.05) is 53.5 Å². The van der Waals surface area contributed by atoms with Gasteiger partial charge in [-0.3, -0.25) is 9.59 Å². The first-order valence-corrected chi connectivity index (χ1v) is 12.8. The smallest absolute Gasteiger partial charge is 0.246 e. The van der Waals surface area contributed by atoms with Crippen LogP contribution in [0.2, 0.25) is 10.0 Å². The zero-order valence-corrected chi connectivity index (χ0v) is 23.2. The highest BCUT2D eigenvalue weighted by atomic mass is 35.5. The molecule has 0 radical (unpaired) electrons. The minimum absolute atomic E-state index is 0.0775. The third-order valence-electron chi connectivity index (χ3n) is 6.03. The van der Waals surface area contributed by atoms with Gasteiger partial charge in [0.2, 0.25) is 11.8 Å². The third kappa shape index (κ3) is 6.88. The molecule has 1 aromatic heterocycles. The van der Waals surface area contributed by atoms with Crippen LogP contribution < -0.4 is 19.7 Å². The number of nitrogens with one attached hydrogen (secondary N) is 1. The van der Waals surface area contributed by atoms with E-state index in [0.29, 0.717) is 27.8 Å². The number of ether oxygens (including phenoxy) is 2. The van der Waals surface area contributed by atoms with Crippen molar-refractivity contribution in [2.75, 3.05) is 25.6 Å². The second-order valence-corrected chi connectivity index (χ2v) is 9.49. The van der Waals surface area contributed by atoms with Crippen molar-refractivity contribution in [1.29, 1.82) is 0 Å². The SMILES string of the molecule is COc1cccc(/C=C/C(=O)NCC(=O)N(C)c2ccc(Cl)c(COc3cccc4ccc(C)nc34)c2Cl)c1. The zero-order valence-electron chi connectivity index (χ0n) is 21.7. The number of anilines is 1. The summed E-state index contributed by atoms with van der Waals surface area (Å²) in [5.41, 5.74) is 3.39. The molecule has 0 bridgehead atoms. The topological polar surface area (TPSA) is 80.8 Å². The zero-order chi connectivity index (χ0) is 27.9. The average Bonchev–Trinajstić information content (AvgIpc) is 2.94. The normalized spacial score (nSPS) is 11.0. The molecule has 0 fully saturated rings. The van der Waals surface area contributed by atoms with E-state index in [-0.39, 0.29) is 24.1 Å². The van der Waals surface area contributed by atoms with E-state index in [0.717, 1.165) is 22.2 Å². The number of hydrogen-bond donors (Lipinski definition) is 1. The van der Waals surface area contributed by atoms with Gasteiger partial charge >= 0.3 is 0 Å². The average molecular weight is 564 g/mol. The second-order valence-electron chi connectivity index (χ2n) is 8.71. The first-order valence-electron chi connectivity index (χ1n) is 12.1. The van der Waals surface area contributed by atoms with Crippen molar-refractivity contribution in [3.05, 3.63) is 99.7 Å². The number of pyridine rings is 1. The van der Waals surface area contributed by atoms with Crippen LogP contribution in [0.1, 0.15) is 16.8 Å². The summed E-state index contributed by atoms with van der Waals surface area (Å²) in [7, 11) is 3.15. The molecule has 0 aliphatic carbocycles. The van der Waals surface area contributed by atoms with Crippen LogP contribution in [-0.4, -0.2) is 37.5 Å². The number of rotatable bonds is 9. The number of halogens is 2. The van der Waals surface area contributed by atoms with E-state index in [2.05, 4.69) is 10.3 Å². The molecule has 0 saturated carbocycles. The van der Waals surface area contributed by atoms with Gasteiger partial charge in [0.25, 0.3) is 0 Å². The Bertz CT molecular complexity index is 1560. The van der Waals surface area contributed by atoms with E-state index in [1.807, 2.05) is 55.5 Å². The summed E-state index contributed by atoms with van der Waals surface area (Å²) in [4.78, 5) is 31.1. The van der Waals surface area contributed by atoms with Gasteiger partial charge in [-0.2, -0.15) is 0 Å². The molecular formula is C30H27Cl2N3O4. The summed E-state index contributed by atoms with van der Waals surface area (Å²) in [6, 6.07) is 20.2. The van der Waals surface area contributed by atoms with Crippen molar-refractivity contribution < 1.29 is 19.1 Å². The van der Waals surface area contributed by atoms with E-state index >= 15 is 0 Å². The lowest BCUT2D eigenvalue weighted by Crippen LogP contribution is -2.37. The van der Waals surface area contributed by atoms with Crippen molar-refractivity contribution in [1.82, 2.24) is 10.3 Å². The summed E-state index contributed by atoms with van der Waals surface area (Å²) >= 11 is 13.1. The maximum Gasteiger partial charge on any atom is 0.246 e. The molecule has 200 valence electrons. The molecule has 0 unspecified atom stereocenters. The first-order chi connectivity index (χ1) is 18.8. The number of aryl methyl sites for hydroxylation is 1. The van der Waals surface area contributed by atoms with Crippen molar-refractivity contribution in [2.24, 2.45) is 0 Å². The number of methoxy groups -OCH3 is 1. The van der Waals surface area contributed by atoms with Gasteiger partial charge < -0.3 is 19.7 Å². The van der Waals surface area contributed by atoms with Crippen LogP contribution in [-0.2, 0) is 16.2 Å². The lowest BCUT2D eigenvalue weighted by molar-refractivity contribution is -0.122. The van der Waals surface area contributed by atoms with Crippen LogP contribution in [0.15, 0.2) is 72.8 Å². The predicted octanol–water partition coefficient (Wildman–Crippen LogP) is 6.23. The highest BCUT2D eigenvalue weighted by Crippen LogP contribution is 2.35. The molecule has 9 heteroatoms. The molecule has 0 saturated heterocycles. The Kier molecular flexibility index (Phi) is 9.07. The lowest BCUT2D eigenvalue weighted by atomic mass is 10.1. The number of benzene rings is 3. The Labute approximate surface area is 237 Å². The Balaban J connectivity index is 1.42. The summed E-state index contributed by atoms with van der Waals surface area (Å²) in [5, 5.41) is 4.24. The molecule has 0 aliphatic heterocycles. The van der Waals surface area contributed by atoms with Gasteiger partial charge in [0.05, 0.1) is 24.4 Å². The number of para-hydroxylation sites is 1. The van der Waals surface area contributed by atoms with Gasteiger partial charge in [0.1, 0.15) is 23.6 Å². The third-order valence-corrected chi connectivity index (χ3v) is 6.81. The minimum atomic E-state index is -0.408. The molecular weight excluding hydrogens is 537 g/mol. The van der Waals surface area contributed by atoms with E-state index < -0.39 is 5.91 Å². The van der Waals surface area contributed by atoms with E-state index in [9.17, 15) is 9.59 Å². The fourth-order valence-electron chi connectivity index (χ4n) is 3.85. The summed E-state index contributed by atoms with van der Waals surface area (Å²) in [6.45, 7) is 1.78. The van der Waals surface area contributed by atoms with Crippen LogP contribution in [0.5, 0.6) is 11.5 Å². The van der Waals surface area contributed by atoms with Gasteiger partial charge in [-0.15, -0.1) is 0 Å². The predicted molar refractivity (Wildman–Crippen MR) is 156 cm³/mol. The van der Waals surface area contributed by atoms with Crippen LogP contribution >= 0.6 is 23.2 Å². The fourth-order valence-corrected chi connectivity index (χ4v) is 4.46. The number of carbonyl (C=O) groups excluding carboxylic acids is 2. The minimum Gasteiger partial charge on any atom is -0.497 e. The quantitative estimate of drug-likeness (QED) is 0.244. The lowest BCUT2D eigenvalue weighted by Gasteiger charge is -2.21. The van der Waals surface area contributed by atoms with Gasteiger partial charge in [0.15, 0.2) is 0 Å². The van der Waals surface area contributed by atoms with Crippen molar-refractivity contribution in [3.8, 4) is 11.5 Å². The number of aromatic nitrogens is 1. The number of amides is 2. The van der Waals surface area contributed by atoms with Gasteiger partial charge in [-0.25, -0.2) is 4.98 Å². The Morgan fingerprint density at radius 1 is 1.05 bits per heavy atom. The Morgan fingerprint density at radius 2 is 1.85 bits per heavy atom. The molecule has 1 heterocycles. The number of fused-ring (bicyclic) bond motifs is 1. The van der Waals surface area contributed by atoms with Gasteiger partial charge in [-0.05, 0) is 55.0 Å². The maximum absolute atomic E-state index is 12.9.